The third-order valence-electron chi connectivity index (χ3n) is 4.43. The molecule has 0 bridgehead atoms. The smallest absolute Gasteiger partial charge is 0.201 e. The van der Waals surface area contributed by atoms with Crippen LogP contribution in [0.2, 0.25) is 0 Å². The average Bonchev–Trinajstić information content (AvgIpc) is 3.05. The van der Waals surface area contributed by atoms with Gasteiger partial charge in [-0.15, -0.1) is 0 Å². The lowest BCUT2D eigenvalue weighted by Crippen LogP contribution is -2.32. The van der Waals surface area contributed by atoms with E-state index in [4.69, 9.17) is 5.73 Å². The van der Waals surface area contributed by atoms with Crippen LogP contribution < -0.4 is 5.73 Å². The normalized spacial score (nSPS) is 16.4. The van der Waals surface area contributed by atoms with Gasteiger partial charge >= 0.3 is 0 Å². The van der Waals surface area contributed by atoms with Gasteiger partial charge in [-0.2, -0.15) is 0 Å². The van der Waals surface area contributed by atoms with Gasteiger partial charge < -0.3 is 15.2 Å². The number of hydrogen-bond donors (Lipinski definition) is 1. The van der Waals surface area contributed by atoms with Gasteiger partial charge in [0, 0.05) is 31.3 Å². The van der Waals surface area contributed by atoms with Crippen LogP contribution in [0.15, 0.2) is 12.1 Å². The summed E-state index contributed by atoms with van der Waals surface area (Å²) in [6.07, 6.45) is 5.00. The number of anilines is 1. The van der Waals surface area contributed by atoms with Gasteiger partial charge in [0.1, 0.15) is 11.3 Å². The number of likely N-dealkylation sites (N-methyl/N-ethyl adjacent to an activating group) is 1. The number of imidazole rings is 1. The summed E-state index contributed by atoms with van der Waals surface area (Å²) < 4.78 is 28.8. The quantitative estimate of drug-likeness (QED) is 0.943. The van der Waals surface area contributed by atoms with Gasteiger partial charge in [0.15, 0.2) is 5.82 Å². The van der Waals surface area contributed by atoms with Crippen LogP contribution >= 0.6 is 0 Å². The molecule has 3 rings (SSSR count). The summed E-state index contributed by atoms with van der Waals surface area (Å²) >= 11 is 0. The minimum absolute atomic E-state index is 0.136. The first kappa shape index (κ1) is 14.3. The summed E-state index contributed by atoms with van der Waals surface area (Å²) in [5, 5.41) is 0. The van der Waals surface area contributed by atoms with E-state index < -0.39 is 11.6 Å². The van der Waals surface area contributed by atoms with Crippen LogP contribution in [-0.2, 0) is 6.54 Å². The maximum Gasteiger partial charge on any atom is 0.201 e. The standard InChI is InChI=1S/C15H20F2N4/c1-20(11-4-2-3-5-11)6-7-21-13-9-10(16)8-12(17)14(13)19-15(21)18/h8-9,11H,2-7H2,1H3,(H2,18,19). The number of aromatic nitrogens is 2. The fourth-order valence-electron chi connectivity index (χ4n) is 3.19. The first-order valence-corrected chi connectivity index (χ1v) is 7.37. The Labute approximate surface area is 122 Å². The van der Waals surface area contributed by atoms with E-state index in [0.29, 0.717) is 18.1 Å². The number of nitrogen functional groups attached to an aromatic ring is 1. The van der Waals surface area contributed by atoms with Crippen molar-refractivity contribution >= 4 is 17.0 Å². The second-order valence-corrected chi connectivity index (χ2v) is 5.80. The lowest BCUT2D eigenvalue weighted by Gasteiger charge is -2.24. The summed E-state index contributed by atoms with van der Waals surface area (Å²) in [4.78, 5) is 6.31. The van der Waals surface area contributed by atoms with Crippen molar-refractivity contribution in [2.24, 2.45) is 0 Å². The van der Waals surface area contributed by atoms with Crippen molar-refractivity contribution in [2.75, 3.05) is 19.3 Å². The molecule has 1 aromatic carbocycles. The molecule has 21 heavy (non-hydrogen) atoms. The number of fused-ring (bicyclic) bond motifs is 1. The highest BCUT2D eigenvalue weighted by Crippen LogP contribution is 2.24. The Hall–Kier alpha value is -1.69. The highest BCUT2D eigenvalue weighted by atomic mass is 19.1. The van der Waals surface area contributed by atoms with E-state index in [1.54, 1.807) is 4.57 Å². The van der Waals surface area contributed by atoms with E-state index in [1.165, 1.54) is 31.7 Å². The zero-order chi connectivity index (χ0) is 15.0. The number of halogens is 2. The maximum atomic E-state index is 13.7. The molecule has 4 nitrogen and oxygen atoms in total. The van der Waals surface area contributed by atoms with Gasteiger partial charge in [-0.1, -0.05) is 12.8 Å². The highest BCUT2D eigenvalue weighted by Gasteiger charge is 2.20. The van der Waals surface area contributed by atoms with Crippen LogP contribution in [-0.4, -0.2) is 34.1 Å². The second kappa shape index (κ2) is 5.60. The van der Waals surface area contributed by atoms with Crippen molar-refractivity contribution in [3.8, 4) is 0 Å². The van der Waals surface area contributed by atoms with Crippen molar-refractivity contribution < 1.29 is 8.78 Å². The van der Waals surface area contributed by atoms with Gasteiger partial charge in [0.25, 0.3) is 0 Å². The molecule has 1 aromatic heterocycles. The van der Waals surface area contributed by atoms with Crippen LogP contribution in [0.3, 0.4) is 0 Å². The number of benzene rings is 1. The van der Waals surface area contributed by atoms with Gasteiger partial charge in [-0.05, 0) is 19.9 Å². The van der Waals surface area contributed by atoms with E-state index in [2.05, 4.69) is 16.9 Å². The fourth-order valence-corrected chi connectivity index (χ4v) is 3.19. The Morgan fingerprint density at radius 1 is 1.33 bits per heavy atom. The molecule has 1 saturated carbocycles. The number of hydrogen-bond acceptors (Lipinski definition) is 3. The SMILES string of the molecule is CN(CCn1c(N)nc2c(F)cc(F)cc21)C1CCCC1. The van der Waals surface area contributed by atoms with Gasteiger partial charge in [0.2, 0.25) is 5.95 Å². The van der Waals surface area contributed by atoms with Crippen molar-refractivity contribution in [1.29, 1.82) is 0 Å². The third kappa shape index (κ3) is 2.72. The van der Waals surface area contributed by atoms with Crippen molar-refractivity contribution in [2.45, 2.75) is 38.3 Å². The van der Waals surface area contributed by atoms with E-state index in [9.17, 15) is 8.78 Å². The van der Waals surface area contributed by atoms with Gasteiger partial charge in [-0.25, -0.2) is 13.8 Å². The fraction of sp³-hybridized carbons (Fsp3) is 0.533. The Morgan fingerprint density at radius 3 is 2.76 bits per heavy atom. The maximum absolute atomic E-state index is 13.7. The van der Waals surface area contributed by atoms with Crippen molar-refractivity contribution in [1.82, 2.24) is 14.5 Å². The molecule has 0 spiro atoms. The molecule has 1 aliphatic carbocycles. The molecular formula is C15H20F2N4. The Kier molecular flexibility index (Phi) is 3.80. The Bertz CT molecular complexity index is 647. The molecule has 0 saturated heterocycles. The second-order valence-electron chi connectivity index (χ2n) is 5.80. The predicted molar refractivity (Wildman–Crippen MR) is 78.9 cm³/mol. The van der Waals surface area contributed by atoms with Crippen molar-refractivity contribution in [3.05, 3.63) is 23.8 Å². The summed E-state index contributed by atoms with van der Waals surface area (Å²) in [6, 6.07) is 2.73. The molecule has 6 heteroatoms. The molecule has 1 aliphatic rings. The van der Waals surface area contributed by atoms with Crippen LogP contribution in [0.1, 0.15) is 25.7 Å². The zero-order valence-corrected chi connectivity index (χ0v) is 12.1. The summed E-state index contributed by atoms with van der Waals surface area (Å²) in [5.41, 5.74) is 6.41. The zero-order valence-electron chi connectivity index (χ0n) is 12.1. The third-order valence-corrected chi connectivity index (χ3v) is 4.43. The molecule has 1 heterocycles. The topological polar surface area (TPSA) is 47.1 Å². The molecule has 2 aromatic rings. The molecule has 114 valence electrons. The highest BCUT2D eigenvalue weighted by molar-refractivity contribution is 5.79. The predicted octanol–water partition coefficient (Wildman–Crippen LogP) is 2.77. The van der Waals surface area contributed by atoms with E-state index in [-0.39, 0.29) is 11.5 Å². The number of rotatable bonds is 4. The summed E-state index contributed by atoms with van der Waals surface area (Å²) in [6.45, 7) is 1.37. The Balaban J connectivity index is 1.81. The largest absolute Gasteiger partial charge is 0.369 e. The molecule has 0 aliphatic heterocycles. The minimum atomic E-state index is -0.667. The minimum Gasteiger partial charge on any atom is -0.369 e. The van der Waals surface area contributed by atoms with Crippen LogP contribution in [0.25, 0.3) is 11.0 Å². The van der Waals surface area contributed by atoms with Crippen LogP contribution in [0.4, 0.5) is 14.7 Å². The first-order chi connectivity index (χ1) is 10.1. The molecule has 1 fully saturated rings. The average molecular weight is 294 g/mol. The summed E-state index contributed by atoms with van der Waals surface area (Å²) in [7, 11) is 2.09. The molecule has 0 amide bonds. The monoisotopic (exact) mass is 294 g/mol. The Morgan fingerprint density at radius 2 is 2.05 bits per heavy atom. The number of nitrogens with two attached hydrogens (primary N) is 1. The molecule has 0 unspecified atom stereocenters. The summed E-state index contributed by atoms with van der Waals surface area (Å²) in [5.74, 6) is -1.04. The first-order valence-electron chi connectivity index (χ1n) is 7.37. The molecular weight excluding hydrogens is 274 g/mol. The number of nitrogens with zero attached hydrogens (tertiary/aromatic N) is 3. The van der Waals surface area contributed by atoms with E-state index in [1.807, 2.05) is 0 Å². The van der Waals surface area contributed by atoms with Crippen LogP contribution in [0, 0.1) is 11.6 Å². The van der Waals surface area contributed by atoms with E-state index >= 15 is 0 Å². The lowest BCUT2D eigenvalue weighted by molar-refractivity contribution is 0.238. The van der Waals surface area contributed by atoms with Crippen LogP contribution in [0.5, 0.6) is 0 Å². The van der Waals surface area contributed by atoms with Crippen molar-refractivity contribution in [3.63, 3.8) is 0 Å². The lowest BCUT2D eigenvalue weighted by atomic mass is 10.2. The molecule has 0 radical (unpaired) electrons. The van der Waals surface area contributed by atoms with E-state index in [0.717, 1.165) is 12.6 Å². The van der Waals surface area contributed by atoms with Gasteiger partial charge in [-0.3, -0.25) is 0 Å². The molecule has 2 N–H and O–H groups in total. The van der Waals surface area contributed by atoms with Gasteiger partial charge in [0.05, 0.1) is 5.52 Å². The molecule has 0 atom stereocenters.